The highest BCUT2D eigenvalue weighted by atomic mass is 35.5. The summed E-state index contributed by atoms with van der Waals surface area (Å²) in [4.78, 5) is 5.77. The van der Waals surface area contributed by atoms with Gasteiger partial charge in [0.05, 0.1) is 11.6 Å². The summed E-state index contributed by atoms with van der Waals surface area (Å²) >= 11 is 7.67. The van der Waals surface area contributed by atoms with E-state index in [4.69, 9.17) is 11.6 Å². The zero-order valence-electron chi connectivity index (χ0n) is 15.0. The van der Waals surface area contributed by atoms with Crippen molar-refractivity contribution >= 4 is 29.1 Å². The number of thioether (sulfide) groups is 1. The molecule has 3 aromatic rings. The van der Waals surface area contributed by atoms with Crippen LogP contribution in [0, 0.1) is 11.6 Å². The lowest BCUT2D eigenvalue weighted by molar-refractivity contribution is 0.578. The van der Waals surface area contributed by atoms with Gasteiger partial charge in [0, 0.05) is 21.4 Å². The van der Waals surface area contributed by atoms with Crippen LogP contribution in [0.2, 0.25) is 5.02 Å². The van der Waals surface area contributed by atoms with Crippen LogP contribution in [0.5, 0.6) is 0 Å². The molecule has 1 heterocycles. The van der Waals surface area contributed by atoms with Gasteiger partial charge in [0.25, 0.3) is 0 Å². The fourth-order valence-electron chi connectivity index (χ4n) is 3.33. The van der Waals surface area contributed by atoms with E-state index in [9.17, 15) is 8.78 Å². The van der Waals surface area contributed by atoms with Crippen LogP contribution in [0.3, 0.4) is 0 Å². The molecule has 0 N–H and O–H groups in total. The van der Waals surface area contributed by atoms with Crippen LogP contribution in [-0.4, -0.2) is 5.71 Å². The first kappa shape index (κ1) is 19.2. The molecule has 0 amide bonds. The van der Waals surface area contributed by atoms with Crippen molar-refractivity contribution < 1.29 is 8.78 Å². The maximum atomic E-state index is 14.0. The number of hydrogen-bond acceptors (Lipinski definition) is 2. The van der Waals surface area contributed by atoms with Crippen molar-refractivity contribution in [2.75, 3.05) is 0 Å². The van der Waals surface area contributed by atoms with E-state index in [0.717, 1.165) is 22.8 Å². The van der Waals surface area contributed by atoms with Crippen LogP contribution >= 0.6 is 23.4 Å². The van der Waals surface area contributed by atoms with Crippen LogP contribution in [-0.2, 0) is 5.75 Å². The van der Waals surface area contributed by atoms with Crippen molar-refractivity contribution in [1.82, 2.24) is 0 Å². The molecular weight excluding hydrogens is 396 g/mol. The Morgan fingerprint density at radius 1 is 0.929 bits per heavy atom. The Bertz CT molecular complexity index is 980. The summed E-state index contributed by atoms with van der Waals surface area (Å²) in [6, 6.07) is 20.0. The molecule has 1 aliphatic heterocycles. The van der Waals surface area contributed by atoms with E-state index in [1.165, 1.54) is 28.7 Å². The molecule has 0 saturated carbocycles. The van der Waals surface area contributed by atoms with Crippen molar-refractivity contribution in [3.05, 3.63) is 100 Å². The Labute approximate surface area is 172 Å². The number of halogens is 3. The summed E-state index contributed by atoms with van der Waals surface area (Å²) < 4.78 is 28.0. The Hall–Kier alpha value is -2.17. The molecule has 3 aromatic carbocycles. The quantitative estimate of drug-likeness (QED) is 0.402. The topological polar surface area (TPSA) is 12.4 Å². The lowest BCUT2D eigenvalue weighted by atomic mass is 10.0. The third-order valence-corrected chi connectivity index (χ3v) is 6.14. The highest BCUT2D eigenvalue weighted by Crippen LogP contribution is 2.33. The van der Waals surface area contributed by atoms with E-state index in [0.29, 0.717) is 12.1 Å². The van der Waals surface area contributed by atoms with E-state index >= 15 is 0 Å². The van der Waals surface area contributed by atoms with E-state index in [2.05, 4.69) is 29.3 Å². The molecule has 0 aromatic heterocycles. The molecule has 4 rings (SSSR count). The predicted octanol–water partition coefficient (Wildman–Crippen LogP) is 7.23. The van der Waals surface area contributed by atoms with Gasteiger partial charge < -0.3 is 0 Å². The van der Waals surface area contributed by atoms with Gasteiger partial charge in [-0.05, 0) is 60.4 Å². The molecule has 0 aliphatic carbocycles. The summed E-state index contributed by atoms with van der Waals surface area (Å²) in [7, 11) is 0. The molecule has 0 spiro atoms. The molecule has 142 valence electrons. The van der Waals surface area contributed by atoms with E-state index in [1.807, 2.05) is 24.3 Å². The third kappa shape index (κ3) is 4.29. The number of aliphatic imine (C=N–C) groups is 1. The molecule has 28 heavy (non-hydrogen) atoms. The number of hydrogen-bond donors (Lipinski definition) is 0. The maximum Gasteiger partial charge on any atom is 0.135 e. The van der Waals surface area contributed by atoms with Crippen LogP contribution < -0.4 is 0 Å². The summed E-state index contributed by atoms with van der Waals surface area (Å²) in [5.41, 5.74) is 2.82. The fourth-order valence-corrected chi connectivity index (χ4v) is 4.31. The predicted molar refractivity (Wildman–Crippen MR) is 112 cm³/mol. The van der Waals surface area contributed by atoms with Crippen molar-refractivity contribution in [2.24, 2.45) is 4.99 Å². The van der Waals surface area contributed by atoms with Crippen molar-refractivity contribution in [3.63, 3.8) is 0 Å². The third-order valence-electron chi connectivity index (χ3n) is 4.80. The molecule has 5 heteroatoms. The Balaban J connectivity index is 1.44. The molecule has 0 bridgehead atoms. The van der Waals surface area contributed by atoms with Gasteiger partial charge in [0.15, 0.2) is 0 Å². The lowest BCUT2D eigenvalue weighted by Crippen LogP contribution is -2.03. The molecule has 1 atom stereocenters. The van der Waals surface area contributed by atoms with Gasteiger partial charge in [-0.1, -0.05) is 41.9 Å². The van der Waals surface area contributed by atoms with Gasteiger partial charge in [-0.2, -0.15) is 0 Å². The Kier molecular flexibility index (Phi) is 5.79. The number of rotatable bonds is 5. The van der Waals surface area contributed by atoms with Crippen molar-refractivity contribution in [2.45, 2.75) is 29.5 Å². The zero-order chi connectivity index (χ0) is 19.5. The second-order valence-electron chi connectivity index (χ2n) is 6.71. The largest absolute Gasteiger partial charge is 0.281 e. The lowest BCUT2D eigenvalue weighted by Gasteiger charge is -2.08. The first-order valence-corrected chi connectivity index (χ1v) is 10.4. The molecule has 0 saturated heterocycles. The van der Waals surface area contributed by atoms with Crippen molar-refractivity contribution in [1.29, 1.82) is 0 Å². The molecule has 1 aliphatic rings. The summed E-state index contributed by atoms with van der Waals surface area (Å²) in [5, 5.41) is 0.741. The maximum absolute atomic E-state index is 14.0. The molecule has 0 radical (unpaired) electrons. The Morgan fingerprint density at radius 3 is 2.29 bits per heavy atom. The normalized spacial score (nSPS) is 16.2. The molecular formula is C23H18ClF2NS. The van der Waals surface area contributed by atoms with Gasteiger partial charge in [-0.15, -0.1) is 11.8 Å². The summed E-state index contributed by atoms with van der Waals surface area (Å²) in [6.07, 6.45) is 1.34. The fraction of sp³-hybridized carbons (Fsp3) is 0.174. The number of nitrogens with zero attached hydrogens (tertiary/aromatic N) is 1. The van der Waals surface area contributed by atoms with E-state index < -0.39 is 11.6 Å². The standard InChI is InChI=1S/C23H18ClF2NS/c24-17-8-4-15(5-9-17)14-28-18-10-6-16(7-11-18)21-12-13-22(27-21)23-19(25)2-1-3-20(23)26/h1-11,21H,12-14H2. The summed E-state index contributed by atoms with van der Waals surface area (Å²) in [6.45, 7) is 0. The molecule has 1 nitrogen and oxygen atoms in total. The highest BCUT2D eigenvalue weighted by Gasteiger charge is 2.24. The second kappa shape index (κ2) is 8.46. The minimum atomic E-state index is -0.548. The number of benzene rings is 3. The van der Waals surface area contributed by atoms with Crippen LogP contribution in [0.25, 0.3) is 0 Å². The zero-order valence-corrected chi connectivity index (χ0v) is 16.6. The first-order chi connectivity index (χ1) is 13.6. The average Bonchev–Trinajstić information content (AvgIpc) is 3.17. The monoisotopic (exact) mass is 413 g/mol. The van der Waals surface area contributed by atoms with Gasteiger partial charge >= 0.3 is 0 Å². The van der Waals surface area contributed by atoms with Crippen LogP contribution in [0.15, 0.2) is 76.6 Å². The Morgan fingerprint density at radius 2 is 1.61 bits per heavy atom. The van der Waals surface area contributed by atoms with Gasteiger partial charge in [-0.3, -0.25) is 4.99 Å². The van der Waals surface area contributed by atoms with E-state index in [-0.39, 0.29) is 11.6 Å². The smallest absolute Gasteiger partial charge is 0.135 e. The van der Waals surface area contributed by atoms with Gasteiger partial charge in [-0.25, -0.2) is 8.78 Å². The van der Waals surface area contributed by atoms with E-state index in [1.54, 1.807) is 11.8 Å². The average molecular weight is 414 g/mol. The SMILES string of the molecule is Fc1cccc(F)c1C1=NC(c2ccc(SCc3ccc(Cl)cc3)cc2)CC1. The second-order valence-corrected chi connectivity index (χ2v) is 8.20. The minimum absolute atomic E-state index is 0.0140. The van der Waals surface area contributed by atoms with Gasteiger partial charge in [0.1, 0.15) is 11.6 Å². The first-order valence-electron chi connectivity index (χ1n) is 9.08. The van der Waals surface area contributed by atoms with Crippen LogP contribution in [0.4, 0.5) is 8.78 Å². The molecule has 0 fully saturated rings. The minimum Gasteiger partial charge on any atom is -0.281 e. The van der Waals surface area contributed by atoms with Gasteiger partial charge in [0.2, 0.25) is 0 Å². The summed E-state index contributed by atoms with van der Waals surface area (Å²) in [5.74, 6) is -0.226. The molecule has 1 unspecified atom stereocenters. The van der Waals surface area contributed by atoms with Crippen LogP contribution in [0.1, 0.15) is 35.6 Å². The van der Waals surface area contributed by atoms with Crippen molar-refractivity contribution in [3.8, 4) is 0 Å². The highest BCUT2D eigenvalue weighted by molar-refractivity contribution is 7.98.